The molecule has 3 heterocycles. The van der Waals surface area contributed by atoms with Crippen molar-refractivity contribution in [1.29, 1.82) is 0 Å². The number of halogens is 2. The molecule has 1 aliphatic heterocycles. The largest absolute Gasteiger partial charge is 0.373 e. The first-order valence-electron chi connectivity index (χ1n) is 11.3. The molecule has 33 heavy (non-hydrogen) atoms. The smallest absolute Gasteiger partial charge is 0.249 e. The van der Waals surface area contributed by atoms with Crippen molar-refractivity contribution in [2.24, 2.45) is 5.92 Å². The highest BCUT2D eigenvalue weighted by Gasteiger charge is 2.43. The van der Waals surface area contributed by atoms with E-state index in [1.54, 1.807) is 12.3 Å². The van der Waals surface area contributed by atoms with Crippen molar-refractivity contribution < 1.29 is 8.78 Å². The maximum absolute atomic E-state index is 11.9. The van der Waals surface area contributed by atoms with E-state index in [1.807, 2.05) is 25.5 Å². The van der Waals surface area contributed by atoms with Gasteiger partial charge in [0.05, 0.1) is 18.1 Å². The van der Waals surface area contributed by atoms with E-state index in [1.165, 1.54) is 0 Å². The molecule has 1 aliphatic carbocycles. The van der Waals surface area contributed by atoms with Crippen LogP contribution in [0.3, 0.4) is 0 Å². The number of pyridine rings is 1. The minimum atomic E-state index is -2.38. The zero-order chi connectivity index (χ0) is 23.3. The van der Waals surface area contributed by atoms with Crippen molar-refractivity contribution in [2.45, 2.75) is 37.6 Å². The predicted octanol–water partition coefficient (Wildman–Crippen LogP) is 5.12. The number of rotatable bonds is 5. The summed E-state index contributed by atoms with van der Waals surface area (Å²) in [5.41, 5.74) is 1.94. The monoisotopic (exact) mass is 452 g/mol. The average molecular weight is 453 g/mol. The van der Waals surface area contributed by atoms with Crippen LogP contribution in [0.15, 0.2) is 55.5 Å². The molecule has 174 valence electrons. The number of aromatic nitrogens is 3. The molecule has 1 saturated heterocycles. The van der Waals surface area contributed by atoms with Crippen LogP contribution < -0.4 is 16.0 Å². The van der Waals surface area contributed by atoms with E-state index in [2.05, 4.69) is 50.7 Å². The van der Waals surface area contributed by atoms with Crippen LogP contribution in [0.1, 0.15) is 25.7 Å². The molecular formula is C25H30F2N6. The van der Waals surface area contributed by atoms with Gasteiger partial charge < -0.3 is 16.0 Å². The molecule has 2 aromatic heterocycles. The molecule has 0 radical (unpaired) electrons. The zero-order valence-electron chi connectivity index (χ0n) is 18.8. The van der Waals surface area contributed by atoms with Crippen molar-refractivity contribution in [3.05, 3.63) is 55.5 Å². The van der Waals surface area contributed by atoms with Gasteiger partial charge in [-0.1, -0.05) is 18.2 Å². The highest BCUT2D eigenvalue weighted by atomic mass is 19.3. The summed E-state index contributed by atoms with van der Waals surface area (Å²) < 4.78 is 23.9. The lowest BCUT2D eigenvalue weighted by Crippen LogP contribution is -2.35. The number of alkyl halides is 2. The number of fused-ring (bicyclic) bond motifs is 1. The lowest BCUT2D eigenvalue weighted by molar-refractivity contribution is -0.0961. The van der Waals surface area contributed by atoms with E-state index >= 15 is 0 Å². The lowest BCUT2D eigenvalue weighted by Gasteiger charge is -2.32. The first-order chi connectivity index (χ1) is 16.0. The number of benzene rings is 1. The second-order valence-electron chi connectivity index (χ2n) is 8.60. The summed E-state index contributed by atoms with van der Waals surface area (Å²) >= 11 is 0. The minimum absolute atomic E-state index is 0.0104. The molecule has 5 rings (SSSR count). The molecule has 0 amide bonds. The quantitative estimate of drug-likeness (QED) is 0.467. The van der Waals surface area contributed by atoms with Crippen LogP contribution in [0.25, 0.3) is 22.0 Å². The number of nitrogens with one attached hydrogen (secondary N) is 3. The Morgan fingerprint density at radius 2 is 1.85 bits per heavy atom. The van der Waals surface area contributed by atoms with Gasteiger partial charge in [-0.2, -0.15) is 0 Å². The summed E-state index contributed by atoms with van der Waals surface area (Å²) in [5, 5.41) is 12.2. The van der Waals surface area contributed by atoms with Gasteiger partial charge in [0.1, 0.15) is 11.6 Å². The number of piperidine rings is 1. The Kier molecular flexibility index (Phi) is 7.13. The number of hydrogen-bond acceptors (Lipinski definition) is 6. The molecule has 2 fully saturated rings. The average Bonchev–Trinajstić information content (AvgIpc) is 2.83. The Morgan fingerprint density at radius 3 is 2.52 bits per heavy atom. The Balaban J connectivity index is 0.000000275. The summed E-state index contributed by atoms with van der Waals surface area (Å²) in [7, 11) is 1.87. The van der Waals surface area contributed by atoms with Crippen molar-refractivity contribution in [1.82, 2.24) is 20.3 Å². The zero-order valence-corrected chi connectivity index (χ0v) is 18.8. The van der Waals surface area contributed by atoms with Gasteiger partial charge in [-0.3, -0.25) is 4.98 Å². The molecule has 1 saturated carbocycles. The van der Waals surface area contributed by atoms with Crippen molar-refractivity contribution in [2.75, 3.05) is 30.8 Å². The second-order valence-corrected chi connectivity index (χ2v) is 8.60. The fraction of sp³-hybridized carbons (Fsp3) is 0.400. The fourth-order valence-corrected chi connectivity index (χ4v) is 4.06. The normalized spacial score (nSPS) is 18.0. The van der Waals surface area contributed by atoms with Crippen LogP contribution in [0.4, 0.5) is 20.4 Å². The third kappa shape index (κ3) is 6.01. The van der Waals surface area contributed by atoms with Crippen LogP contribution >= 0.6 is 0 Å². The highest BCUT2D eigenvalue weighted by Crippen LogP contribution is 2.42. The van der Waals surface area contributed by atoms with Crippen molar-refractivity contribution in [3.63, 3.8) is 0 Å². The second kappa shape index (κ2) is 10.2. The van der Waals surface area contributed by atoms with E-state index in [-0.39, 0.29) is 18.8 Å². The molecule has 2 aliphatic rings. The number of allylic oxidation sites excluding steroid dienone is 1. The van der Waals surface area contributed by atoms with Gasteiger partial charge in [-0.25, -0.2) is 18.7 Å². The van der Waals surface area contributed by atoms with Crippen molar-refractivity contribution >= 4 is 22.4 Å². The van der Waals surface area contributed by atoms with Gasteiger partial charge in [0, 0.05) is 43.1 Å². The molecule has 0 spiro atoms. The number of nitrogens with zero attached hydrogens (tertiary/aromatic N) is 3. The van der Waals surface area contributed by atoms with Gasteiger partial charge in [0.2, 0.25) is 5.92 Å². The maximum atomic E-state index is 11.9. The van der Waals surface area contributed by atoms with Gasteiger partial charge in [0.15, 0.2) is 0 Å². The SMILES string of the molecule is C=CC1CC(F)(F)C1.CNc1cc2cc(-c3cncc(NC4CCNCC4)n3)ccc2cn1. The summed E-state index contributed by atoms with van der Waals surface area (Å²) in [6.07, 6.45) is 9.34. The van der Waals surface area contributed by atoms with Crippen LogP contribution in [0.2, 0.25) is 0 Å². The van der Waals surface area contributed by atoms with Crippen LogP contribution in [0, 0.1) is 5.92 Å². The summed E-state index contributed by atoms with van der Waals surface area (Å²) in [6, 6.07) is 8.79. The van der Waals surface area contributed by atoms with Gasteiger partial charge in [0.25, 0.3) is 0 Å². The molecule has 3 aromatic rings. The van der Waals surface area contributed by atoms with Crippen LogP contribution in [-0.2, 0) is 0 Å². The Labute approximate surface area is 192 Å². The van der Waals surface area contributed by atoms with E-state index < -0.39 is 5.92 Å². The lowest BCUT2D eigenvalue weighted by atomic mass is 9.82. The minimum Gasteiger partial charge on any atom is -0.373 e. The molecule has 0 unspecified atom stereocenters. The first kappa shape index (κ1) is 23.0. The molecule has 3 N–H and O–H groups in total. The summed E-state index contributed by atoms with van der Waals surface area (Å²) in [4.78, 5) is 13.5. The molecular weight excluding hydrogens is 422 g/mol. The topological polar surface area (TPSA) is 74.8 Å². The molecule has 1 aromatic carbocycles. The maximum Gasteiger partial charge on any atom is 0.249 e. The molecule has 0 atom stereocenters. The van der Waals surface area contributed by atoms with E-state index in [0.29, 0.717) is 6.04 Å². The highest BCUT2D eigenvalue weighted by molar-refractivity contribution is 5.88. The van der Waals surface area contributed by atoms with Crippen molar-refractivity contribution in [3.8, 4) is 11.3 Å². The molecule has 6 nitrogen and oxygen atoms in total. The Hall–Kier alpha value is -3.13. The summed E-state index contributed by atoms with van der Waals surface area (Å²) in [6.45, 7) is 5.52. The molecule has 0 bridgehead atoms. The van der Waals surface area contributed by atoms with E-state index in [9.17, 15) is 8.78 Å². The Morgan fingerprint density at radius 1 is 1.06 bits per heavy atom. The van der Waals surface area contributed by atoms with E-state index in [4.69, 9.17) is 4.98 Å². The van der Waals surface area contributed by atoms with E-state index in [0.717, 1.165) is 59.6 Å². The van der Waals surface area contributed by atoms with Crippen LogP contribution in [0.5, 0.6) is 0 Å². The van der Waals surface area contributed by atoms with Gasteiger partial charge >= 0.3 is 0 Å². The standard InChI is InChI=1S/C19H22N6.C6H8F2/c1-20-18-9-15-8-13(2-3-14(15)10-23-18)17-11-22-12-19(25-17)24-16-4-6-21-7-5-16;1-2-5-3-6(7,8)4-5/h2-3,8-12,16,21H,4-7H2,1H3,(H,20,23)(H,24,25);2,5H,1,3-4H2. The van der Waals surface area contributed by atoms with Crippen LogP contribution in [-0.4, -0.2) is 47.1 Å². The third-order valence-corrected chi connectivity index (χ3v) is 6.05. The molecule has 8 heteroatoms. The van der Waals surface area contributed by atoms with Gasteiger partial charge in [-0.05, 0) is 49.4 Å². The third-order valence-electron chi connectivity index (χ3n) is 6.05. The predicted molar refractivity (Wildman–Crippen MR) is 130 cm³/mol. The summed E-state index contributed by atoms with van der Waals surface area (Å²) in [5.74, 6) is -0.601. The Bertz CT molecular complexity index is 1090. The first-order valence-corrected chi connectivity index (χ1v) is 11.3. The number of anilines is 2. The number of hydrogen-bond donors (Lipinski definition) is 3. The van der Waals surface area contributed by atoms with Gasteiger partial charge in [-0.15, -0.1) is 6.58 Å². The fourth-order valence-electron chi connectivity index (χ4n) is 4.06.